The fourth-order valence-electron chi connectivity index (χ4n) is 3.13. The van der Waals surface area contributed by atoms with Crippen LogP contribution in [0.5, 0.6) is 5.75 Å². The maximum atomic E-state index is 13.0. The lowest BCUT2D eigenvalue weighted by Crippen LogP contribution is -2.53. The van der Waals surface area contributed by atoms with E-state index in [0.29, 0.717) is 12.3 Å². The van der Waals surface area contributed by atoms with Gasteiger partial charge in [-0.1, -0.05) is 18.2 Å². The van der Waals surface area contributed by atoms with Crippen LogP contribution in [0.15, 0.2) is 54.6 Å². The van der Waals surface area contributed by atoms with Gasteiger partial charge in [-0.15, -0.1) is 0 Å². The summed E-state index contributed by atoms with van der Waals surface area (Å²) in [6, 6.07) is 15.4. The van der Waals surface area contributed by atoms with Crippen molar-refractivity contribution in [3.05, 3.63) is 60.4 Å². The largest absolute Gasteiger partial charge is 0.492 e. The fourth-order valence-corrected chi connectivity index (χ4v) is 3.13. The number of carbonyl (C=O) groups excluding carboxylic acids is 1. The standard InChI is InChI=1S/C21H26FN3O2/c1-17(21(26)23-19-9-7-18(22)8-10-19)25-13-11-24(12-14-25)15-16-27-20-5-3-2-4-6-20/h2-10,17H,11-16H2,1H3,(H,23,26)/t17-/m1/s1. The first-order chi connectivity index (χ1) is 13.1. The van der Waals surface area contributed by atoms with E-state index in [-0.39, 0.29) is 17.8 Å². The number of rotatable bonds is 7. The van der Waals surface area contributed by atoms with Crippen molar-refractivity contribution in [2.75, 3.05) is 44.6 Å². The Kier molecular flexibility index (Phi) is 6.79. The number of nitrogens with one attached hydrogen (secondary N) is 1. The molecule has 0 radical (unpaired) electrons. The van der Waals surface area contributed by atoms with Crippen LogP contribution in [0.3, 0.4) is 0 Å². The van der Waals surface area contributed by atoms with E-state index in [0.717, 1.165) is 38.5 Å². The van der Waals surface area contributed by atoms with Gasteiger partial charge in [-0.3, -0.25) is 14.6 Å². The van der Waals surface area contributed by atoms with Gasteiger partial charge in [-0.25, -0.2) is 4.39 Å². The van der Waals surface area contributed by atoms with Gasteiger partial charge >= 0.3 is 0 Å². The zero-order valence-corrected chi connectivity index (χ0v) is 15.6. The molecule has 0 saturated carbocycles. The summed E-state index contributed by atoms with van der Waals surface area (Å²) >= 11 is 0. The molecular weight excluding hydrogens is 345 g/mol. The molecule has 0 aromatic heterocycles. The van der Waals surface area contributed by atoms with Crippen LogP contribution in [-0.4, -0.2) is 61.1 Å². The third kappa shape index (κ3) is 5.77. The Morgan fingerprint density at radius 2 is 1.74 bits per heavy atom. The highest BCUT2D eigenvalue weighted by Crippen LogP contribution is 2.12. The Morgan fingerprint density at radius 3 is 2.41 bits per heavy atom. The highest BCUT2D eigenvalue weighted by Gasteiger charge is 2.25. The molecule has 1 fully saturated rings. The molecule has 0 aliphatic carbocycles. The van der Waals surface area contributed by atoms with E-state index in [1.165, 1.54) is 12.1 Å². The van der Waals surface area contributed by atoms with Gasteiger partial charge in [0.15, 0.2) is 0 Å². The van der Waals surface area contributed by atoms with Crippen molar-refractivity contribution in [3.63, 3.8) is 0 Å². The van der Waals surface area contributed by atoms with E-state index in [1.807, 2.05) is 37.3 Å². The van der Waals surface area contributed by atoms with Gasteiger partial charge in [0.2, 0.25) is 5.91 Å². The molecule has 0 unspecified atom stereocenters. The summed E-state index contributed by atoms with van der Waals surface area (Å²) in [5, 5.41) is 2.85. The van der Waals surface area contributed by atoms with Crippen LogP contribution in [0, 0.1) is 5.82 Å². The van der Waals surface area contributed by atoms with E-state index < -0.39 is 0 Å². The quantitative estimate of drug-likeness (QED) is 0.813. The molecule has 1 saturated heterocycles. The molecule has 2 aromatic carbocycles. The lowest BCUT2D eigenvalue weighted by atomic mass is 10.2. The number of benzene rings is 2. The van der Waals surface area contributed by atoms with Crippen molar-refractivity contribution in [3.8, 4) is 5.75 Å². The van der Waals surface area contributed by atoms with Crippen molar-refractivity contribution >= 4 is 11.6 Å². The van der Waals surface area contributed by atoms with Gasteiger partial charge < -0.3 is 10.1 Å². The highest BCUT2D eigenvalue weighted by atomic mass is 19.1. The minimum atomic E-state index is -0.312. The Bertz CT molecular complexity index is 716. The van der Waals surface area contributed by atoms with Gasteiger partial charge in [-0.05, 0) is 43.3 Å². The molecule has 1 aliphatic heterocycles. The van der Waals surface area contributed by atoms with Crippen LogP contribution in [0.1, 0.15) is 6.92 Å². The summed E-state index contributed by atoms with van der Waals surface area (Å²) in [5.41, 5.74) is 0.616. The monoisotopic (exact) mass is 371 g/mol. The minimum absolute atomic E-state index is 0.0672. The van der Waals surface area contributed by atoms with Crippen molar-refractivity contribution < 1.29 is 13.9 Å². The number of halogens is 1. The van der Waals surface area contributed by atoms with Crippen molar-refractivity contribution in [2.45, 2.75) is 13.0 Å². The molecule has 1 N–H and O–H groups in total. The molecule has 2 aromatic rings. The number of amides is 1. The maximum absolute atomic E-state index is 13.0. The van der Waals surface area contributed by atoms with Gasteiger partial charge in [0.05, 0.1) is 6.04 Å². The molecule has 1 heterocycles. The van der Waals surface area contributed by atoms with Crippen LogP contribution >= 0.6 is 0 Å². The molecular formula is C21H26FN3O2. The van der Waals surface area contributed by atoms with Gasteiger partial charge in [-0.2, -0.15) is 0 Å². The molecule has 1 atom stereocenters. The van der Waals surface area contributed by atoms with E-state index in [9.17, 15) is 9.18 Å². The predicted molar refractivity (Wildman–Crippen MR) is 104 cm³/mol. The summed E-state index contributed by atoms with van der Waals surface area (Å²) in [4.78, 5) is 17.0. The normalized spacial score (nSPS) is 16.7. The number of anilines is 1. The van der Waals surface area contributed by atoms with E-state index in [1.54, 1.807) is 12.1 Å². The first-order valence-corrected chi connectivity index (χ1v) is 9.32. The summed E-state index contributed by atoms with van der Waals surface area (Å²) < 4.78 is 18.7. The van der Waals surface area contributed by atoms with Crippen molar-refractivity contribution in [1.29, 1.82) is 0 Å². The first-order valence-electron chi connectivity index (χ1n) is 9.32. The predicted octanol–water partition coefficient (Wildman–Crippen LogP) is 2.85. The molecule has 0 spiro atoms. The van der Waals surface area contributed by atoms with Crippen LogP contribution in [0.4, 0.5) is 10.1 Å². The number of carbonyl (C=O) groups is 1. The molecule has 1 amide bonds. The average molecular weight is 371 g/mol. The lowest BCUT2D eigenvalue weighted by molar-refractivity contribution is -0.121. The average Bonchev–Trinajstić information content (AvgIpc) is 2.70. The summed E-state index contributed by atoms with van der Waals surface area (Å²) in [5.74, 6) is 0.512. The summed E-state index contributed by atoms with van der Waals surface area (Å²) in [6.07, 6.45) is 0. The van der Waals surface area contributed by atoms with Crippen molar-refractivity contribution in [2.24, 2.45) is 0 Å². The zero-order valence-electron chi connectivity index (χ0n) is 15.6. The number of hydrogen-bond donors (Lipinski definition) is 1. The summed E-state index contributed by atoms with van der Waals surface area (Å²) in [6.45, 7) is 6.93. The fraction of sp³-hybridized carbons (Fsp3) is 0.381. The summed E-state index contributed by atoms with van der Waals surface area (Å²) in [7, 11) is 0. The second-order valence-corrected chi connectivity index (χ2v) is 6.71. The maximum Gasteiger partial charge on any atom is 0.241 e. The van der Waals surface area contributed by atoms with E-state index >= 15 is 0 Å². The number of hydrogen-bond acceptors (Lipinski definition) is 4. The smallest absolute Gasteiger partial charge is 0.241 e. The Labute approximate surface area is 159 Å². The SMILES string of the molecule is C[C@H](C(=O)Nc1ccc(F)cc1)N1CCN(CCOc2ccccc2)CC1. The molecule has 0 bridgehead atoms. The topological polar surface area (TPSA) is 44.8 Å². The zero-order chi connectivity index (χ0) is 19.1. The molecule has 5 nitrogen and oxygen atoms in total. The Morgan fingerprint density at radius 1 is 1.07 bits per heavy atom. The van der Waals surface area contributed by atoms with Gasteiger partial charge in [0, 0.05) is 38.4 Å². The third-order valence-corrected chi connectivity index (χ3v) is 4.87. The highest BCUT2D eigenvalue weighted by molar-refractivity contribution is 5.94. The molecule has 3 rings (SSSR count). The number of piperazine rings is 1. The molecule has 1 aliphatic rings. The van der Waals surface area contributed by atoms with Crippen LogP contribution in [0.2, 0.25) is 0 Å². The van der Waals surface area contributed by atoms with E-state index in [4.69, 9.17) is 4.74 Å². The number of para-hydroxylation sites is 1. The van der Waals surface area contributed by atoms with Crippen LogP contribution < -0.4 is 10.1 Å². The second kappa shape index (κ2) is 9.48. The minimum Gasteiger partial charge on any atom is -0.492 e. The van der Waals surface area contributed by atoms with Crippen LogP contribution in [-0.2, 0) is 4.79 Å². The van der Waals surface area contributed by atoms with Crippen LogP contribution in [0.25, 0.3) is 0 Å². The van der Waals surface area contributed by atoms with Gasteiger partial charge in [0.1, 0.15) is 18.2 Å². The first kappa shape index (κ1) is 19.3. The molecule has 27 heavy (non-hydrogen) atoms. The molecule has 6 heteroatoms. The number of nitrogens with zero attached hydrogens (tertiary/aromatic N) is 2. The third-order valence-electron chi connectivity index (χ3n) is 4.87. The lowest BCUT2D eigenvalue weighted by Gasteiger charge is -2.37. The van der Waals surface area contributed by atoms with Crippen molar-refractivity contribution in [1.82, 2.24) is 9.80 Å². The second-order valence-electron chi connectivity index (χ2n) is 6.71. The Balaban J connectivity index is 1.38. The van der Waals surface area contributed by atoms with E-state index in [2.05, 4.69) is 15.1 Å². The van der Waals surface area contributed by atoms with Gasteiger partial charge in [0.25, 0.3) is 0 Å². The number of ether oxygens (including phenoxy) is 1. The Hall–Kier alpha value is -2.44. The molecule has 144 valence electrons.